The van der Waals surface area contributed by atoms with Crippen molar-refractivity contribution in [3.63, 3.8) is 0 Å². The quantitative estimate of drug-likeness (QED) is 0.791. The fraction of sp³-hybridized carbons (Fsp3) is 0.476. The number of fused-ring (bicyclic) bond motifs is 2. The average molecular weight is 333 g/mol. The number of nitrogens with zero attached hydrogens (tertiary/aromatic N) is 3. The average Bonchev–Trinajstić information content (AvgIpc) is 2.75. The number of aromatic nitrogens is 1. The number of hydrogen-bond donors (Lipinski definition) is 0. The first-order valence-electron chi connectivity index (χ1n) is 9.37. The Morgan fingerprint density at radius 2 is 1.96 bits per heavy atom. The SMILES string of the molecule is CN1/C(=C/N=C2C(=O)C=Cc3ncccc32)C2CC3CC(C2)CC1C3. The molecule has 3 aliphatic carbocycles. The third-order valence-electron chi connectivity index (χ3n) is 6.53. The van der Waals surface area contributed by atoms with Gasteiger partial charge in [0.05, 0.1) is 5.69 Å². The lowest BCUT2D eigenvalue weighted by atomic mass is 9.68. The van der Waals surface area contributed by atoms with Crippen molar-refractivity contribution in [2.75, 3.05) is 7.05 Å². The summed E-state index contributed by atoms with van der Waals surface area (Å²) in [4.78, 5) is 23.9. The number of ketones is 1. The molecule has 0 amide bonds. The highest BCUT2D eigenvalue weighted by Gasteiger charge is 2.43. The van der Waals surface area contributed by atoms with Crippen molar-refractivity contribution in [1.82, 2.24) is 9.88 Å². The molecule has 0 radical (unpaired) electrons. The Hall–Kier alpha value is -2.23. The van der Waals surface area contributed by atoms with E-state index in [2.05, 4.69) is 16.9 Å². The fourth-order valence-corrected chi connectivity index (χ4v) is 5.45. The predicted molar refractivity (Wildman–Crippen MR) is 98.0 cm³/mol. The van der Waals surface area contributed by atoms with E-state index < -0.39 is 0 Å². The van der Waals surface area contributed by atoms with E-state index in [9.17, 15) is 4.79 Å². The molecule has 2 unspecified atom stereocenters. The smallest absolute Gasteiger partial charge is 0.204 e. The molecule has 3 heterocycles. The molecule has 0 spiro atoms. The molecular formula is C21H23N3O. The molecule has 2 saturated heterocycles. The van der Waals surface area contributed by atoms with Gasteiger partial charge in [0.15, 0.2) is 0 Å². The lowest BCUT2D eigenvalue weighted by Gasteiger charge is -2.38. The summed E-state index contributed by atoms with van der Waals surface area (Å²) >= 11 is 0. The zero-order chi connectivity index (χ0) is 17.0. The van der Waals surface area contributed by atoms with Gasteiger partial charge in [0.25, 0.3) is 0 Å². The maximum Gasteiger partial charge on any atom is 0.204 e. The van der Waals surface area contributed by atoms with Crippen LogP contribution in [0.5, 0.6) is 0 Å². The maximum atomic E-state index is 12.4. The second kappa shape index (κ2) is 5.65. The van der Waals surface area contributed by atoms with Gasteiger partial charge in [0.1, 0.15) is 5.71 Å². The van der Waals surface area contributed by atoms with Gasteiger partial charge in [0.2, 0.25) is 5.78 Å². The highest BCUT2D eigenvalue weighted by molar-refractivity contribution is 6.52. The first-order chi connectivity index (χ1) is 12.2. The van der Waals surface area contributed by atoms with E-state index >= 15 is 0 Å². The summed E-state index contributed by atoms with van der Waals surface area (Å²) in [5.74, 6) is 2.34. The van der Waals surface area contributed by atoms with Gasteiger partial charge in [-0.1, -0.05) is 0 Å². The van der Waals surface area contributed by atoms with Gasteiger partial charge in [0, 0.05) is 42.7 Å². The molecule has 2 saturated carbocycles. The van der Waals surface area contributed by atoms with Crippen molar-refractivity contribution >= 4 is 17.6 Å². The van der Waals surface area contributed by atoms with E-state index in [4.69, 9.17) is 4.99 Å². The van der Waals surface area contributed by atoms with Gasteiger partial charge in [-0.25, -0.2) is 0 Å². The second-order valence-electron chi connectivity index (χ2n) is 8.04. The highest BCUT2D eigenvalue weighted by Crippen LogP contribution is 2.50. The van der Waals surface area contributed by atoms with Crippen LogP contribution in [0.25, 0.3) is 6.08 Å². The largest absolute Gasteiger partial charge is 0.373 e. The minimum Gasteiger partial charge on any atom is -0.373 e. The minimum absolute atomic E-state index is 0.0283. The zero-order valence-electron chi connectivity index (χ0n) is 14.6. The van der Waals surface area contributed by atoms with E-state index in [0.29, 0.717) is 17.7 Å². The van der Waals surface area contributed by atoms with Crippen LogP contribution < -0.4 is 0 Å². The zero-order valence-corrected chi connectivity index (χ0v) is 14.6. The topological polar surface area (TPSA) is 45.6 Å². The molecule has 6 rings (SSSR count). The minimum atomic E-state index is -0.0283. The second-order valence-corrected chi connectivity index (χ2v) is 8.04. The van der Waals surface area contributed by atoms with Crippen LogP contribution in [0, 0.1) is 17.8 Å². The van der Waals surface area contributed by atoms with Gasteiger partial charge >= 0.3 is 0 Å². The van der Waals surface area contributed by atoms with Gasteiger partial charge < -0.3 is 4.90 Å². The van der Waals surface area contributed by atoms with Crippen molar-refractivity contribution in [3.8, 4) is 0 Å². The van der Waals surface area contributed by atoms with Crippen LogP contribution >= 0.6 is 0 Å². The molecule has 2 aliphatic heterocycles. The summed E-state index contributed by atoms with van der Waals surface area (Å²) in [6, 6.07) is 4.45. The van der Waals surface area contributed by atoms with Gasteiger partial charge in [-0.2, -0.15) is 0 Å². The number of hydrogen-bond acceptors (Lipinski definition) is 4. The molecule has 4 heteroatoms. The molecule has 5 aliphatic rings. The standard InChI is InChI=1S/C21H23N3O/c1-24-16-10-13-7-14(11-16)9-15(8-13)19(24)12-23-21-17-3-2-6-22-18(17)4-5-20(21)25/h2-6,12-16H,7-11H2,1H3/b19-12+,23-21?. The Bertz CT molecular complexity index is 808. The summed E-state index contributed by atoms with van der Waals surface area (Å²) in [6.45, 7) is 0. The third-order valence-corrected chi connectivity index (χ3v) is 6.53. The molecule has 0 aromatic carbocycles. The van der Waals surface area contributed by atoms with E-state index in [1.165, 1.54) is 37.8 Å². The molecular weight excluding hydrogens is 310 g/mol. The van der Waals surface area contributed by atoms with Gasteiger partial charge in [-0.3, -0.25) is 14.8 Å². The van der Waals surface area contributed by atoms with Crippen molar-refractivity contribution in [2.45, 2.75) is 38.1 Å². The summed E-state index contributed by atoms with van der Waals surface area (Å²) < 4.78 is 0. The molecule has 4 bridgehead atoms. The van der Waals surface area contributed by atoms with Crippen molar-refractivity contribution in [1.29, 1.82) is 0 Å². The molecule has 1 aromatic heterocycles. The first-order valence-corrected chi connectivity index (χ1v) is 9.37. The first kappa shape index (κ1) is 15.1. The van der Waals surface area contributed by atoms with Crippen LogP contribution in [0.15, 0.2) is 41.3 Å². The number of pyridine rings is 1. The van der Waals surface area contributed by atoms with Crippen LogP contribution in [0.1, 0.15) is 43.4 Å². The maximum absolute atomic E-state index is 12.4. The number of carbonyl (C=O) groups is 1. The van der Waals surface area contributed by atoms with Gasteiger partial charge in [-0.15, -0.1) is 0 Å². The van der Waals surface area contributed by atoms with Crippen LogP contribution in [0.3, 0.4) is 0 Å². The van der Waals surface area contributed by atoms with E-state index in [-0.39, 0.29) is 5.78 Å². The summed E-state index contributed by atoms with van der Waals surface area (Å²) in [7, 11) is 2.22. The lowest BCUT2D eigenvalue weighted by Crippen LogP contribution is -2.34. The summed E-state index contributed by atoms with van der Waals surface area (Å²) in [6.07, 6.45) is 13.8. The molecule has 0 N–H and O–H groups in total. The number of rotatable bonds is 1. The lowest BCUT2D eigenvalue weighted by molar-refractivity contribution is -0.108. The Labute approximate surface area is 148 Å². The molecule has 2 atom stereocenters. The molecule has 1 aromatic rings. The normalized spacial score (nSPS) is 36.2. The van der Waals surface area contributed by atoms with E-state index in [1.54, 1.807) is 18.3 Å². The molecule has 25 heavy (non-hydrogen) atoms. The van der Waals surface area contributed by atoms with Crippen molar-refractivity contribution in [2.24, 2.45) is 22.7 Å². The number of carbonyl (C=O) groups excluding carboxylic acids is 1. The fourth-order valence-electron chi connectivity index (χ4n) is 5.45. The van der Waals surface area contributed by atoms with E-state index in [0.717, 1.165) is 23.1 Å². The van der Waals surface area contributed by atoms with Gasteiger partial charge in [-0.05, 0) is 68.2 Å². The van der Waals surface area contributed by atoms with Crippen molar-refractivity contribution < 1.29 is 4.79 Å². The monoisotopic (exact) mass is 333 g/mol. The van der Waals surface area contributed by atoms with Crippen LogP contribution in [0.4, 0.5) is 0 Å². The third kappa shape index (κ3) is 2.46. The molecule has 4 fully saturated rings. The Morgan fingerprint density at radius 1 is 1.16 bits per heavy atom. The Morgan fingerprint density at radius 3 is 2.76 bits per heavy atom. The summed E-state index contributed by atoms with van der Waals surface area (Å²) in [5, 5.41) is 0. The van der Waals surface area contributed by atoms with Crippen LogP contribution in [-0.4, -0.2) is 34.5 Å². The predicted octanol–water partition coefficient (Wildman–Crippen LogP) is 3.45. The Kier molecular flexibility index (Phi) is 3.40. The molecule has 128 valence electrons. The van der Waals surface area contributed by atoms with Crippen LogP contribution in [-0.2, 0) is 4.79 Å². The Balaban J connectivity index is 1.55. The van der Waals surface area contributed by atoms with E-state index in [1.807, 2.05) is 18.3 Å². The van der Waals surface area contributed by atoms with Crippen molar-refractivity contribution in [3.05, 3.63) is 47.6 Å². The number of allylic oxidation sites excluding steroid dienone is 2. The highest BCUT2D eigenvalue weighted by atomic mass is 16.1. The number of aliphatic imine (C=N–C) groups is 1. The molecule has 4 nitrogen and oxygen atoms in total. The van der Waals surface area contributed by atoms with Crippen LogP contribution in [0.2, 0.25) is 0 Å². The summed E-state index contributed by atoms with van der Waals surface area (Å²) in [5.41, 5.74) is 3.52.